The lowest BCUT2D eigenvalue weighted by Crippen LogP contribution is -2.25. The van der Waals surface area contributed by atoms with Crippen LogP contribution in [0, 0.1) is 0 Å². The Morgan fingerprint density at radius 2 is 1.89 bits per heavy atom. The summed E-state index contributed by atoms with van der Waals surface area (Å²) in [5.41, 5.74) is 0.713. The topological polar surface area (TPSA) is 97.1 Å². The van der Waals surface area contributed by atoms with Gasteiger partial charge in [0.05, 0.1) is 6.26 Å². The van der Waals surface area contributed by atoms with E-state index in [4.69, 9.17) is 4.42 Å². The molecule has 0 saturated carbocycles. The van der Waals surface area contributed by atoms with Gasteiger partial charge in [-0.25, -0.2) is 0 Å². The van der Waals surface area contributed by atoms with Gasteiger partial charge in [-0.15, -0.1) is 10.2 Å². The minimum Gasteiger partial charge on any atom is -0.469 e. The van der Waals surface area contributed by atoms with Gasteiger partial charge in [0.25, 0.3) is 5.91 Å². The van der Waals surface area contributed by atoms with Crippen molar-refractivity contribution in [3.05, 3.63) is 64.5 Å². The molecule has 0 atom stereocenters. The molecule has 0 aliphatic rings. The fraction of sp³-hybridized carbons (Fsp3) is 0.263. The molecule has 3 aromatic rings. The minimum atomic E-state index is -0.277. The normalized spacial score (nSPS) is 10.5. The highest BCUT2D eigenvalue weighted by Crippen LogP contribution is 2.15. The molecule has 2 N–H and O–H groups in total. The number of para-hydroxylation sites is 1. The van der Waals surface area contributed by atoms with Gasteiger partial charge in [-0.1, -0.05) is 29.5 Å². The van der Waals surface area contributed by atoms with Crippen LogP contribution in [0.15, 0.2) is 53.1 Å². The second kappa shape index (κ2) is 9.63. The molecule has 3 rings (SSSR count). The summed E-state index contributed by atoms with van der Waals surface area (Å²) < 4.78 is 5.22. The van der Waals surface area contributed by atoms with Crippen LogP contribution in [-0.2, 0) is 17.6 Å². The molecule has 0 saturated heterocycles. The van der Waals surface area contributed by atoms with Gasteiger partial charge in [0.1, 0.15) is 10.8 Å². The SMILES string of the molecule is O=C(CCCc1nnc(C(=O)Nc2ccccc2)s1)NCCc1ccco1. The number of benzene rings is 1. The fourth-order valence-electron chi connectivity index (χ4n) is 2.42. The van der Waals surface area contributed by atoms with E-state index in [1.807, 2.05) is 42.5 Å². The van der Waals surface area contributed by atoms with Crippen LogP contribution in [0.1, 0.15) is 33.4 Å². The van der Waals surface area contributed by atoms with Crippen LogP contribution in [0.2, 0.25) is 0 Å². The second-order valence-corrected chi connectivity index (χ2v) is 6.92. The summed E-state index contributed by atoms with van der Waals surface area (Å²) in [5, 5.41) is 14.7. The number of rotatable bonds is 9. The number of hydrogen-bond donors (Lipinski definition) is 2. The number of carbonyl (C=O) groups excluding carboxylic acids is 2. The predicted molar refractivity (Wildman–Crippen MR) is 103 cm³/mol. The Morgan fingerprint density at radius 3 is 2.67 bits per heavy atom. The summed E-state index contributed by atoms with van der Waals surface area (Å²) in [6, 6.07) is 12.9. The van der Waals surface area contributed by atoms with E-state index in [1.165, 1.54) is 11.3 Å². The molecule has 8 heteroatoms. The summed E-state index contributed by atoms with van der Waals surface area (Å²) in [5.74, 6) is 0.569. The highest BCUT2D eigenvalue weighted by Gasteiger charge is 2.13. The number of hydrogen-bond acceptors (Lipinski definition) is 6. The molecule has 0 unspecified atom stereocenters. The van der Waals surface area contributed by atoms with Crippen molar-refractivity contribution < 1.29 is 14.0 Å². The summed E-state index contributed by atoms with van der Waals surface area (Å²) in [6.45, 7) is 0.551. The average Bonchev–Trinajstić information content (AvgIpc) is 3.35. The number of anilines is 1. The third-order valence-electron chi connectivity index (χ3n) is 3.76. The first kappa shape index (κ1) is 18.8. The van der Waals surface area contributed by atoms with Crippen molar-refractivity contribution in [3.8, 4) is 0 Å². The van der Waals surface area contributed by atoms with E-state index >= 15 is 0 Å². The van der Waals surface area contributed by atoms with Crippen LogP contribution in [0.5, 0.6) is 0 Å². The number of aryl methyl sites for hydroxylation is 1. The van der Waals surface area contributed by atoms with E-state index in [0.29, 0.717) is 42.9 Å². The van der Waals surface area contributed by atoms with Crippen LogP contribution >= 0.6 is 11.3 Å². The van der Waals surface area contributed by atoms with Crippen molar-refractivity contribution in [1.29, 1.82) is 0 Å². The van der Waals surface area contributed by atoms with Crippen molar-refractivity contribution >= 4 is 28.8 Å². The largest absolute Gasteiger partial charge is 0.469 e. The van der Waals surface area contributed by atoms with Gasteiger partial charge in [-0.2, -0.15) is 0 Å². The van der Waals surface area contributed by atoms with Gasteiger partial charge in [0, 0.05) is 31.5 Å². The first-order valence-electron chi connectivity index (χ1n) is 8.68. The first-order valence-corrected chi connectivity index (χ1v) is 9.50. The highest BCUT2D eigenvalue weighted by molar-refractivity contribution is 7.13. The Balaban J connectivity index is 1.36. The molecule has 1 aromatic carbocycles. The third kappa shape index (κ3) is 6.03. The maximum atomic E-state index is 12.2. The standard InChI is InChI=1S/C19H20N4O3S/c24-16(20-12-11-15-8-5-13-26-15)9-4-10-17-22-23-19(27-17)18(25)21-14-6-2-1-3-7-14/h1-3,5-8,13H,4,9-12H2,(H,20,24)(H,21,25). The van der Waals surface area contributed by atoms with Crippen LogP contribution in [0.25, 0.3) is 0 Å². The van der Waals surface area contributed by atoms with Crippen molar-refractivity contribution in [2.75, 3.05) is 11.9 Å². The van der Waals surface area contributed by atoms with Crippen LogP contribution < -0.4 is 10.6 Å². The lowest BCUT2D eigenvalue weighted by Gasteiger charge is -2.03. The number of carbonyl (C=O) groups is 2. The van der Waals surface area contributed by atoms with Gasteiger partial charge in [0.2, 0.25) is 10.9 Å². The van der Waals surface area contributed by atoms with E-state index in [1.54, 1.807) is 6.26 Å². The number of furan rings is 1. The average molecular weight is 384 g/mol. The van der Waals surface area contributed by atoms with Crippen molar-refractivity contribution in [1.82, 2.24) is 15.5 Å². The lowest BCUT2D eigenvalue weighted by molar-refractivity contribution is -0.121. The lowest BCUT2D eigenvalue weighted by atomic mass is 10.2. The predicted octanol–water partition coefficient (Wildman–Crippen LogP) is 3.07. The first-order chi connectivity index (χ1) is 13.2. The highest BCUT2D eigenvalue weighted by atomic mass is 32.1. The zero-order chi connectivity index (χ0) is 18.9. The molecule has 0 aliphatic heterocycles. The van der Waals surface area contributed by atoms with Gasteiger partial charge < -0.3 is 15.1 Å². The maximum absolute atomic E-state index is 12.2. The van der Waals surface area contributed by atoms with E-state index < -0.39 is 0 Å². The summed E-state index contributed by atoms with van der Waals surface area (Å²) in [4.78, 5) is 24.0. The van der Waals surface area contributed by atoms with Crippen molar-refractivity contribution in [3.63, 3.8) is 0 Å². The van der Waals surface area contributed by atoms with Gasteiger partial charge in [0.15, 0.2) is 0 Å². The summed E-state index contributed by atoms with van der Waals surface area (Å²) in [6.07, 6.45) is 3.97. The smallest absolute Gasteiger partial charge is 0.286 e. The number of aromatic nitrogens is 2. The Labute approximate surface area is 160 Å². The second-order valence-electron chi connectivity index (χ2n) is 5.85. The van der Waals surface area contributed by atoms with Crippen molar-refractivity contribution in [2.45, 2.75) is 25.7 Å². The number of nitrogens with one attached hydrogen (secondary N) is 2. The number of amides is 2. The Hall–Kier alpha value is -3.00. The van der Waals surface area contributed by atoms with Crippen LogP contribution in [0.4, 0.5) is 5.69 Å². The molecule has 0 radical (unpaired) electrons. The molecule has 27 heavy (non-hydrogen) atoms. The van der Waals surface area contributed by atoms with E-state index in [0.717, 1.165) is 10.8 Å². The zero-order valence-corrected chi connectivity index (χ0v) is 15.5. The molecule has 0 bridgehead atoms. The molecular formula is C19H20N4O3S. The molecule has 2 amide bonds. The van der Waals surface area contributed by atoms with E-state index in [9.17, 15) is 9.59 Å². The molecule has 140 valence electrons. The minimum absolute atomic E-state index is 0.00637. The summed E-state index contributed by atoms with van der Waals surface area (Å²) in [7, 11) is 0. The van der Waals surface area contributed by atoms with Crippen LogP contribution in [-0.4, -0.2) is 28.6 Å². The van der Waals surface area contributed by atoms with E-state index in [-0.39, 0.29) is 11.8 Å². The molecule has 0 fully saturated rings. The van der Waals surface area contributed by atoms with Gasteiger partial charge in [-0.3, -0.25) is 9.59 Å². The molecule has 2 aromatic heterocycles. The molecule has 7 nitrogen and oxygen atoms in total. The third-order valence-corrected chi connectivity index (χ3v) is 4.74. The maximum Gasteiger partial charge on any atom is 0.286 e. The molecular weight excluding hydrogens is 364 g/mol. The zero-order valence-electron chi connectivity index (χ0n) is 14.7. The Kier molecular flexibility index (Phi) is 6.70. The molecule has 0 aliphatic carbocycles. The van der Waals surface area contributed by atoms with Crippen molar-refractivity contribution in [2.24, 2.45) is 0 Å². The monoisotopic (exact) mass is 384 g/mol. The summed E-state index contributed by atoms with van der Waals surface area (Å²) >= 11 is 1.25. The number of nitrogens with zero attached hydrogens (tertiary/aromatic N) is 2. The Morgan fingerprint density at radius 1 is 1.04 bits per heavy atom. The fourth-order valence-corrected chi connectivity index (χ4v) is 3.20. The quantitative estimate of drug-likeness (QED) is 0.591. The Bertz CT molecular complexity index is 862. The van der Waals surface area contributed by atoms with Gasteiger partial charge >= 0.3 is 0 Å². The van der Waals surface area contributed by atoms with E-state index in [2.05, 4.69) is 20.8 Å². The van der Waals surface area contributed by atoms with Crippen LogP contribution in [0.3, 0.4) is 0 Å². The molecule has 2 heterocycles. The van der Waals surface area contributed by atoms with Gasteiger partial charge in [-0.05, 0) is 30.7 Å². The molecule has 0 spiro atoms.